The highest BCUT2D eigenvalue weighted by Crippen LogP contribution is 2.22. The van der Waals surface area contributed by atoms with Gasteiger partial charge < -0.3 is 21.5 Å². The molecule has 1 fully saturated rings. The van der Waals surface area contributed by atoms with Crippen molar-refractivity contribution in [2.24, 2.45) is 0 Å². The first-order valence-corrected chi connectivity index (χ1v) is 7.18. The average Bonchev–Trinajstić information content (AvgIpc) is 2.68. The lowest BCUT2D eigenvalue weighted by Crippen LogP contribution is -3.00. The number of quaternary nitrogens is 1. The molecule has 1 saturated heterocycles. The maximum Gasteiger partial charge on any atom is 0.0788 e. The SMILES string of the molecule is CCCCC[N+]1(CCCCC)CCCC1.[Br-]. The fourth-order valence-corrected chi connectivity index (χ4v) is 2.96. The van der Waals surface area contributed by atoms with Crippen molar-refractivity contribution in [3.05, 3.63) is 0 Å². The molecule has 1 aliphatic heterocycles. The quantitative estimate of drug-likeness (QED) is 0.462. The topological polar surface area (TPSA) is 0 Å². The van der Waals surface area contributed by atoms with Crippen LogP contribution in [0, 0.1) is 0 Å². The second-order valence-corrected chi connectivity index (χ2v) is 5.36. The number of hydrogen-bond acceptors (Lipinski definition) is 0. The molecule has 0 aromatic heterocycles. The lowest BCUT2D eigenvalue weighted by Gasteiger charge is -2.34. The molecule has 1 aliphatic rings. The van der Waals surface area contributed by atoms with Crippen molar-refractivity contribution in [3.8, 4) is 0 Å². The van der Waals surface area contributed by atoms with E-state index in [1.54, 1.807) is 0 Å². The molecule has 2 heteroatoms. The van der Waals surface area contributed by atoms with E-state index in [-0.39, 0.29) is 17.0 Å². The van der Waals surface area contributed by atoms with Crippen LogP contribution in [0.3, 0.4) is 0 Å². The summed E-state index contributed by atoms with van der Waals surface area (Å²) >= 11 is 0. The Labute approximate surface area is 113 Å². The zero-order chi connectivity index (χ0) is 11.0. The molecule has 1 nitrogen and oxygen atoms in total. The average molecular weight is 292 g/mol. The van der Waals surface area contributed by atoms with Crippen molar-refractivity contribution < 1.29 is 21.5 Å². The van der Waals surface area contributed by atoms with Gasteiger partial charge in [0.15, 0.2) is 0 Å². The van der Waals surface area contributed by atoms with E-state index in [1.807, 2.05) is 0 Å². The van der Waals surface area contributed by atoms with Crippen LogP contribution in [0.1, 0.15) is 65.2 Å². The van der Waals surface area contributed by atoms with Gasteiger partial charge in [-0.2, -0.15) is 0 Å². The largest absolute Gasteiger partial charge is 1.00 e. The molecule has 1 heterocycles. The van der Waals surface area contributed by atoms with Crippen molar-refractivity contribution in [2.75, 3.05) is 26.2 Å². The van der Waals surface area contributed by atoms with Gasteiger partial charge in [0.25, 0.3) is 0 Å². The monoisotopic (exact) mass is 291 g/mol. The summed E-state index contributed by atoms with van der Waals surface area (Å²) < 4.78 is 1.47. The van der Waals surface area contributed by atoms with E-state index in [1.165, 1.54) is 82.0 Å². The van der Waals surface area contributed by atoms with Gasteiger partial charge in [0.05, 0.1) is 26.2 Å². The van der Waals surface area contributed by atoms with Gasteiger partial charge in [0.2, 0.25) is 0 Å². The minimum absolute atomic E-state index is 0. The highest BCUT2D eigenvalue weighted by Gasteiger charge is 2.30. The Kier molecular flexibility index (Phi) is 9.73. The van der Waals surface area contributed by atoms with Crippen molar-refractivity contribution in [1.29, 1.82) is 0 Å². The second kappa shape index (κ2) is 9.47. The molecule has 16 heavy (non-hydrogen) atoms. The highest BCUT2D eigenvalue weighted by atomic mass is 79.9. The lowest BCUT2D eigenvalue weighted by atomic mass is 10.2. The minimum atomic E-state index is 0. The smallest absolute Gasteiger partial charge is 0.0788 e. The number of hydrogen-bond donors (Lipinski definition) is 0. The van der Waals surface area contributed by atoms with Crippen LogP contribution in [0.5, 0.6) is 0 Å². The Balaban J connectivity index is 0.00000225. The molecule has 0 amide bonds. The van der Waals surface area contributed by atoms with E-state index >= 15 is 0 Å². The second-order valence-electron chi connectivity index (χ2n) is 5.36. The van der Waals surface area contributed by atoms with Crippen LogP contribution in [0.25, 0.3) is 0 Å². The van der Waals surface area contributed by atoms with Crippen LogP contribution < -0.4 is 17.0 Å². The van der Waals surface area contributed by atoms with E-state index in [0.29, 0.717) is 0 Å². The molecular formula is C14H30BrN. The van der Waals surface area contributed by atoms with E-state index in [9.17, 15) is 0 Å². The molecule has 0 bridgehead atoms. The molecule has 0 atom stereocenters. The Hall–Kier alpha value is 0.440. The summed E-state index contributed by atoms with van der Waals surface area (Å²) in [6.45, 7) is 10.5. The number of rotatable bonds is 8. The Bertz CT molecular complexity index is 141. The van der Waals surface area contributed by atoms with Crippen LogP contribution in [-0.2, 0) is 0 Å². The number of unbranched alkanes of at least 4 members (excludes halogenated alkanes) is 4. The third kappa shape index (κ3) is 5.67. The van der Waals surface area contributed by atoms with E-state index in [4.69, 9.17) is 0 Å². The van der Waals surface area contributed by atoms with Gasteiger partial charge in [-0.1, -0.05) is 26.7 Å². The van der Waals surface area contributed by atoms with Crippen molar-refractivity contribution >= 4 is 0 Å². The van der Waals surface area contributed by atoms with Gasteiger partial charge in [-0.3, -0.25) is 0 Å². The van der Waals surface area contributed by atoms with Gasteiger partial charge in [-0.25, -0.2) is 0 Å². The van der Waals surface area contributed by atoms with Crippen molar-refractivity contribution in [1.82, 2.24) is 0 Å². The first-order chi connectivity index (χ1) is 7.33. The first-order valence-electron chi connectivity index (χ1n) is 7.18. The Morgan fingerprint density at radius 3 is 1.56 bits per heavy atom. The van der Waals surface area contributed by atoms with Crippen LogP contribution in [0.4, 0.5) is 0 Å². The van der Waals surface area contributed by atoms with E-state index < -0.39 is 0 Å². The lowest BCUT2D eigenvalue weighted by molar-refractivity contribution is -0.917. The summed E-state index contributed by atoms with van der Waals surface area (Å²) in [7, 11) is 0. The highest BCUT2D eigenvalue weighted by molar-refractivity contribution is 4.56. The molecule has 0 aromatic rings. The number of halogens is 1. The van der Waals surface area contributed by atoms with Gasteiger partial charge in [-0.15, -0.1) is 0 Å². The number of likely N-dealkylation sites (tertiary alicyclic amines) is 1. The molecule has 1 rings (SSSR count). The predicted molar refractivity (Wildman–Crippen MR) is 68.0 cm³/mol. The van der Waals surface area contributed by atoms with Gasteiger partial charge >= 0.3 is 0 Å². The summed E-state index contributed by atoms with van der Waals surface area (Å²) in [6.07, 6.45) is 11.5. The fraction of sp³-hybridized carbons (Fsp3) is 1.00. The van der Waals surface area contributed by atoms with Crippen LogP contribution in [-0.4, -0.2) is 30.7 Å². The van der Waals surface area contributed by atoms with Crippen LogP contribution in [0.2, 0.25) is 0 Å². The third-order valence-corrected chi connectivity index (χ3v) is 3.99. The maximum absolute atomic E-state index is 2.31. The standard InChI is InChI=1S/C14H30N.BrH/c1-3-5-7-11-15(12-8-6-4-2)13-9-10-14-15;/h3-14H2,1-2H3;1H/q+1;/p-1. The summed E-state index contributed by atoms with van der Waals surface area (Å²) in [4.78, 5) is 0. The number of nitrogens with zero attached hydrogens (tertiary/aromatic N) is 1. The predicted octanol–water partition coefficient (Wildman–Crippen LogP) is 0.981. The van der Waals surface area contributed by atoms with E-state index in [2.05, 4.69) is 13.8 Å². The Morgan fingerprint density at radius 2 is 1.19 bits per heavy atom. The van der Waals surface area contributed by atoms with E-state index in [0.717, 1.165) is 0 Å². The molecule has 0 spiro atoms. The minimum Gasteiger partial charge on any atom is -1.00 e. The molecule has 0 N–H and O–H groups in total. The van der Waals surface area contributed by atoms with Crippen LogP contribution in [0.15, 0.2) is 0 Å². The maximum atomic E-state index is 2.31. The molecule has 0 unspecified atom stereocenters. The normalized spacial score (nSPS) is 18.4. The summed E-state index contributed by atoms with van der Waals surface area (Å²) in [5.74, 6) is 0. The first kappa shape index (κ1) is 16.4. The molecule has 98 valence electrons. The molecule has 0 saturated carbocycles. The summed E-state index contributed by atoms with van der Waals surface area (Å²) in [5.41, 5.74) is 0. The molecule has 0 aromatic carbocycles. The van der Waals surface area contributed by atoms with Crippen LogP contribution >= 0.6 is 0 Å². The molecule has 0 aliphatic carbocycles. The zero-order valence-corrected chi connectivity index (χ0v) is 12.9. The Morgan fingerprint density at radius 1 is 0.750 bits per heavy atom. The third-order valence-electron chi connectivity index (χ3n) is 3.99. The van der Waals surface area contributed by atoms with Crippen molar-refractivity contribution in [2.45, 2.75) is 65.2 Å². The van der Waals surface area contributed by atoms with Crippen molar-refractivity contribution in [3.63, 3.8) is 0 Å². The van der Waals surface area contributed by atoms with Gasteiger partial charge in [0, 0.05) is 12.8 Å². The molecular weight excluding hydrogens is 262 g/mol. The fourth-order valence-electron chi connectivity index (χ4n) is 2.96. The molecule has 0 radical (unpaired) electrons. The summed E-state index contributed by atoms with van der Waals surface area (Å²) in [5, 5.41) is 0. The zero-order valence-electron chi connectivity index (χ0n) is 11.3. The summed E-state index contributed by atoms with van der Waals surface area (Å²) in [6, 6.07) is 0. The van der Waals surface area contributed by atoms with Gasteiger partial charge in [0.1, 0.15) is 0 Å². The van der Waals surface area contributed by atoms with Gasteiger partial charge in [-0.05, 0) is 25.7 Å².